The van der Waals surface area contributed by atoms with Gasteiger partial charge in [-0.3, -0.25) is 4.79 Å². The molecule has 0 spiro atoms. The topological polar surface area (TPSA) is 70.2 Å². The number of benzene rings is 1. The van der Waals surface area contributed by atoms with E-state index in [-0.39, 0.29) is 10.9 Å². The SMILES string of the molecule is Cc1ccc2[nH]c(C(F)(F)F)c(C(=O)O)c(=O)c2c1. The lowest BCUT2D eigenvalue weighted by Gasteiger charge is -2.11. The van der Waals surface area contributed by atoms with E-state index in [0.29, 0.717) is 5.56 Å². The first-order valence-corrected chi connectivity index (χ1v) is 5.19. The average Bonchev–Trinajstić information content (AvgIpc) is 2.27. The van der Waals surface area contributed by atoms with Crippen molar-refractivity contribution in [1.82, 2.24) is 4.98 Å². The van der Waals surface area contributed by atoms with Crippen molar-refractivity contribution >= 4 is 16.9 Å². The van der Waals surface area contributed by atoms with Crippen molar-refractivity contribution in [3.05, 3.63) is 45.2 Å². The highest BCUT2D eigenvalue weighted by atomic mass is 19.4. The number of aromatic nitrogens is 1. The molecule has 0 saturated heterocycles. The van der Waals surface area contributed by atoms with Gasteiger partial charge in [0.25, 0.3) is 0 Å². The number of aromatic amines is 1. The summed E-state index contributed by atoms with van der Waals surface area (Å²) in [5.74, 6) is -1.91. The molecule has 0 aliphatic rings. The van der Waals surface area contributed by atoms with E-state index in [2.05, 4.69) is 0 Å². The van der Waals surface area contributed by atoms with Crippen LogP contribution >= 0.6 is 0 Å². The number of fused-ring (bicyclic) bond motifs is 1. The zero-order chi connectivity index (χ0) is 14.4. The number of aryl methyl sites for hydroxylation is 1. The number of rotatable bonds is 1. The molecule has 1 aromatic carbocycles. The summed E-state index contributed by atoms with van der Waals surface area (Å²) in [4.78, 5) is 24.8. The summed E-state index contributed by atoms with van der Waals surface area (Å²) in [7, 11) is 0. The molecule has 2 aromatic rings. The van der Waals surface area contributed by atoms with Crippen LogP contribution in [0.1, 0.15) is 21.6 Å². The largest absolute Gasteiger partial charge is 0.477 e. The highest BCUT2D eigenvalue weighted by Crippen LogP contribution is 2.30. The predicted molar refractivity (Wildman–Crippen MR) is 61.3 cm³/mol. The molecule has 0 fully saturated rings. The molecule has 2 N–H and O–H groups in total. The summed E-state index contributed by atoms with van der Waals surface area (Å²) in [5, 5.41) is 8.74. The minimum Gasteiger partial charge on any atom is -0.477 e. The molecular formula is C12H8F3NO3. The van der Waals surface area contributed by atoms with E-state index in [1.807, 2.05) is 4.98 Å². The molecule has 0 unspecified atom stereocenters. The highest BCUT2D eigenvalue weighted by molar-refractivity contribution is 5.94. The number of nitrogens with one attached hydrogen (secondary N) is 1. The molecule has 0 saturated carbocycles. The standard InChI is InChI=1S/C12H8F3NO3/c1-5-2-3-7-6(4-5)9(17)8(11(18)19)10(16-7)12(13,14)15/h2-4H,1H3,(H,16,17)(H,18,19). The van der Waals surface area contributed by atoms with Gasteiger partial charge in [-0.1, -0.05) is 11.6 Å². The van der Waals surface area contributed by atoms with Crippen molar-refractivity contribution in [3.8, 4) is 0 Å². The Labute approximate surface area is 104 Å². The van der Waals surface area contributed by atoms with Gasteiger partial charge >= 0.3 is 12.1 Å². The van der Waals surface area contributed by atoms with Gasteiger partial charge in [-0.2, -0.15) is 13.2 Å². The summed E-state index contributed by atoms with van der Waals surface area (Å²) >= 11 is 0. The van der Waals surface area contributed by atoms with Crippen molar-refractivity contribution in [1.29, 1.82) is 0 Å². The van der Waals surface area contributed by atoms with Crippen LogP contribution in [0.4, 0.5) is 13.2 Å². The van der Waals surface area contributed by atoms with Crippen LogP contribution in [-0.2, 0) is 6.18 Å². The van der Waals surface area contributed by atoms with E-state index in [9.17, 15) is 22.8 Å². The molecule has 0 aliphatic carbocycles. The quantitative estimate of drug-likeness (QED) is 0.837. The molecule has 0 atom stereocenters. The maximum absolute atomic E-state index is 12.8. The number of halogens is 3. The van der Waals surface area contributed by atoms with Gasteiger partial charge < -0.3 is 10.1 Å². The van der Waals surface area contributed by atoms with E-state index >= 15 is 0 Å². The zero-order valence-corrected chi connectivity index (χ0v) is 9.63. The number of carboxylic acids is 1. The summed E-state index contributed by atoms with van der Waals surface area (Å²) in [6.07, 6.45) is -4.94. The maximum Gasteiger partial charge on any atom is 0.432 e. The van der Waals surface area contributed by atoms with Crippen LogP contribution < -0.4 is 5.43 Å². The van der Waals surface area contributed by atoms with E-state index in [1.54, 1.807) is 6.92 Å². The van der Waals surface area contributed by atoms with Crippen LogP contribution in [0.3, 0.4) is 0 Å². The fourth-order valence-electron chi connectivity index (χ4n) is 1.82. The normalized spacial score (nSPS) is 11.8. The molecule has 0 amide bonds. The highest BCUT2D eigenvalue weighted by Gasteiger charge is 2.38. The van der Waals surface area contributed by atoms with Gasteiger partial charge in [-0.15, -0.1) is 0 Å². The van der Waals surface area contributed by atoms with Crippen LogP contribution in [0.15, 0.2) is 23.0 Å². The second kappa shape index (κ2) is 4.11. The number of carbonyl (C=O) groups is 1. The van der Waals surface area contributed by atoms with E-state index in [0.717, 1.165) is 0 Å². The monoisotopic (exact) mass is 271 g/mol. The lowest BCUT2D eigenvalue weighted by atomic mass is 10.1. The van der Waals surface area contributed by atoms with Crippen molar-refractivity contribution in [2.45, 2.75) is 13.1 Å². The summed E-state index contributed by atoms with van der Waals surface area (Å²) in [6, 6.07) is 4.19. The van der Waals surface area contributed by atoms with Gasteiger partial charge in [0.05, 0.1) is 0 Å². The second-order valence-corrected chi connectivity index (χ2v) is 4.06. The van der Waals surface area contributed by atoms with Crippen LogP contribution in [0, 0.1) is 6.92 Å². The fourth-order valence-corrected chi connectivity index (χ4v) is 1.82. The van der Waals surface area contributed by atoms with Gasteiger partial charge in [0, 0.05) is 10.9 Å². The Kier molecular flexibility index (Phi) is 2.84. The molecule has 0 aliphatic heterocycles. The summed E-state index contributed by atoms with van der Waals surface area (Å²) in [6.45, 7) is 1.65. The minimum absolute atomic E-state index is 0.0482. The zero-order valence-electron chi connectivity index (χ0n) is 9.63. The molecule has 0 bridgehead atoms. The van der Waals surface area contributed by atoms with Gasteiger partial charge in [0.15, 0.2) is 0 Å². The van der Waals surface area contributed by atoms with Gasteiger partial charge in [0.1, 0.15) is 11.3 Å². The smallest absolute Gasteiger partial charge is 0.432 e. The molecule has 0 radical (unpaired) electrons. The predicted octanol–water partition coefficient (Wildman–Crippen LogP) is 2.55. The number of aromatic carboxylic acids is 1. The lowest BCUT2D eigenvalue weighted by molar-refractivity contribution is -0.141. The van der Waals surface area contributed by atoms with Gasteiger partial charge in [0.2, 0.25) is 5.43 Å². The molecule has 7 heteroatoms. The summed E-state index contributed by atoms with van der Waals surface area (Å²) < 4.78 is 38.3. The number of hydrogen-bond donors (Lipinski definition) is 2. The van der Waals surface area contributed by atoms with E-state index in [1.165, 1.54) is 18.2 Å². The number of pyridine rings is 1. The van der Waals surface area contributed by atoms with Crippen LogP contribution in [0.5, 0.6) is 0 Å². The Bertz CT molecular complexity index is 731. The van der Waals surface area contributed by atoms with Gasteiger partial charge in [-0.05, 0) is 19.1 Å². The first-order valence-electron chi connectivity index (χ1n) is 5.19. The Morgan fingerprint density at radius 1 is 1.32 bits per heavy atom. The first kappa shape index (κ1) is 13.1. The van der Waals surface area contributed by atoms with Crippen LogP contribution in [0.25, 0.3) is 10.9 Å². The first-order chi connectivity index (χ1) is 8.71. The van der Waals surface area contributed by atoms with Crippen molar-refractivity contribution in [2.24, 2.45) is 0 Å². The molecular weight excluding hydrogens is 263 g/mol. The minimum atomic E-state index is -4.94. The average molecular weight is 271 g/mol. The summed E-state index contributed by atoms with van der Waals surface area (Å²) in [5.41, 5.74) is -3.37. The van der Waals surface area contributed by atoms with Crippen molar-refractivity contribution in [3.63, 3.8) is 0 Å². The Balaban J connectivity index is 2.99. The van der Waals surface area contributed by atoms with Crippen LogP contribution in [-0.4, -0.2) is 16.1 Å². The van der Waals surface area contributed by atoms with E-state index in [4.69, 9.17) is 5.11 Å². The van der Waals surface area contributed by atoms with Crippen LogP contribution in [0.2, 0.25) is 0 Å². The second-order valence-electron chi connectivity index (χ2n) is 4.06. The third-order valence-corrected chi connectivity index (χ3v) is 2.65. The molecule has 1 heterocycles. The Morgan fingerprint density at radius 2 is 1.95 bits per heavy atom. The number of carboxylic acid groups (broad SMARTS) is 1. The van der Waals surface area contributed by atoms with Gasteiger partial charge in [-0.25, -0.2) is 4.79 Å². The maximum atomic E-state index is 12.8. The van der Waals surface area contributed by atoms with Crippen molar-refractivity contribution < 1.29 is 23.1 Å². The third kappa shape index (κ3) is 2.18. The number of alkyl halides is 3. The van der Waals surface area contributed by atoms with E-state index < -0.39 is 28.8 Å². The third-order valence-electron chi connectivity index (χ3n) is 2.65. The molecule has 19 heavy (non-hydrogen) atoms. The molecule has 100 valence electrons. The van der Waals surface area contributed by atoms with Crippen molar-refractivity contribution in [2.75, 3.05) is 0 Å². The molecule has 4 nitrogen and oxygen atoms in total. The fraction of sp³-hybridized carbons (Fsp3) is 0.167. The Hall–Kier alpha value is -2.31. The molecule has 1 aromatic heterocycles. The molecule has 2 rings (SSSR count). The number of H-pyrrole nitrogens is 1. The Morgan fingerprint density at radius 3 is 2.47 bits per heavy atom. The number of hydrogen-bond acceptors (Lipinski definition) is 2. The lowest BCUT2D eigenvalue weighted by Crippen LogP contribution is -2.24.